The average Bonchev–Trinajstić information content (AvgIpc) is 2.82. The molecule has 9 heteroatoms. The first-order valence-electron chi connectivity index (χ1n) is 10.4. The number of benzene rings is 4. The number of fused-ring (bicyclic) bond motifs is 1. The molecule has 0 aliphatic carbocycles. The molecule has 0 aromatic heterocycles. The van der Waals surface area contributed by atoms with Gasteiger partial charge in [0.1, 0.15) is 5.75 Å². The highest BCUT2D eigenvalue weighted by molar-refractivity contribution is 6.05. The summed E-state index contributed by atoms with van der Waals surface area (Å²) in [5.74, 6) is -4.12. The summed E-state index contributed by atoms with van der Waals surface area (Å²) < 4.78 is 5.32. The average molecular weight is 476 g/mol. The van der Waals surface area contributed by atoms with Crippen molar-refractivity contribution >= 4 is 22.7 Å². The van der Waals surface area contributed by atoms with Gasteiger partial charge in [0.05, 0.1) is 5.56 Å². The van der Waals surface area contributed by atoms with Gasteiger partial charge < -0.3 is 35.4 Å². The van der Waals surface area contributed by atoms with Gasteiger partial charge in [-0.1, -0.05) is 24.3 Å². The van der Waals surface area contributed by atoms with Gasteiger partial charge in [-0.05, 0) is 64.5 Å². The minimum Gasteiger partial charge on any atom is -0.508 e. The van der Waals surface area contributed by atoms with Crippen molar-refractivity contribution in [2.45, 2.75) is 12.5 Å². The zero-order valence-electron chi connectivity index (χ0n) is 18.0. The molecule has 0 aliphatic heterocycles. The van der Waals surface area contributed by atoms with E-state index in [1.807, 2.05) is 0 Å². The molecule has 0 bridgehead atoms. The first-order chi connectivity index (χ1) is 16.6. The quantitative estimate of drug-likeness (QED) is 0.179. The van der Waals surface area contributed by atoms with Crippen LogP contribution in [-0.2, 0) is 16.0 Å². The van der Waals surface area contributed by atoms with Crippen LogP contribution in [0.4, 0.5) is 0 Å². The Labute approximate surface area is 198 Å². The summed E-state index contributed by atoms with van der Waals surface area (Å²) in [6.45, 7) is 0. The Kier molecular flexibility index (Phi) is 6.07. The largest absolute Gasteiger partial charge is 0.508 e. The van der Waals surface area contributed by atoms with Crippen molar-refractivity contribution in [3.05, 3.63) is 77.9 Å². The van der Waals surface area contributed by atoms with Crippen LogP contribution in [0.3, 0.4) is 0 Å². The number of hydrogen-bond acceptors (Lipinski definition) is 8. The number of phenolic OH excluding ortho intramolecular Hbond substituents is 5. The number of aromatic hydroxyl groups is 5. The molecule has 4 aromatic carbocycles. The summed E-state index contributed by atoms with van der Waals surface area (Å²) in [5.41, 5.74) is 0.777. The third kappa shape index (κ3) is 4.74. The van der Waals surface area contributed by atoms with E-state index in [9.17, 15) is 40.2 Å². The van der Waals surface area contributed by atoms with Gasteiger partial charge in [-0.25, -0.2) is 9.59 Å². The Morgan fingerprint density at radius 2 is 1.54 bits per heavy atom. The number of carboxylic acids is 1. The molecular weight excluding hydrogens is 456 g/mol. The smallest absolute Gasteiger partial charge is 0.345 e. The number of carbonyl (C=O) groups excluding carboxylic acids is 1. The lowest BCUT2D eigenvalue weighted by Gasteiger charge is -2.17. The molecule has 0 saturated carbocycles. The molecule has 0 heterocycles. The first-order valence-corrected chi connectivity index (χ1v) is 10.4. The predicted octanol–water partition coefficient (Wildman–Crippen LogP) is 3.89. The molecule has 0 saturated heterocycles. The Bertz CT molecular complexity index is 1460. The fourth-order valence-electron chi connectivity index (χ4n) is 3.71. The van der Waals surface area contributed by atoms with E-state index in [2.05, 4.69) is 0 Å². The van der Waals surface area contributed by atoms with E-state index in [4.69, 9.17) is 4.74 Å². The fourth-order valence-corrected chi connectivity index (χ4v) is 3.71. The number of aliphatic carboxylic acids is 1. The van der Waals surface area contributed by atoms with Crippen molar-refractivity contribution in [3.8, 4) is 39.9 Å². The number of phenols is 5. The Morgan fingerprint density at radius 1 is 0.800 bits per heavy atom. The predicted molar refractivity (Wildman–Crippen MR) is 125 cm³/mol. The molecule has 9 nitrogen and oxygen atoms in total. The number of hydrogen-bond donors (Lipinski definition) is 6. The summed E-state index contributed by atoms with van der Waals surface area (Å²) in [6, 6.07) is 15.2. The van der Waals surface area contributed by atoms with Gasteiger partial charge in [0.25, 0.3) is 0 Å². The van der Waals surface area contributed by atoms with Gasteiger partial charge in [-0.2, -0.15) is 0 Å². The highest BCUT2D eigenvalue weighted by Gasteiger charge is 2.26. The van der Waals surface area contributed by atoms with Crippen LogP contribution in [0.25, 0.3) is 21.9 Å². The number of carboxylic acid groups (broad SMARTS) is 1. The molecule has 178 valence electrons. The first kappa shape index (κ1) is 23.2. The second kappa shape index (κ2) is 9.14. The summed E-state index contributed by atoms with van der Waals surface area (Å²) in [7, 11) is 0. The summed E-state index contributed by atoms with van der Waals surface area (Å²) in [5, 5.41) is 59.6. The number of carbonyl (C=O) groups is 2. The van der Waals surface area contributed by atoms with Crippen molar-refractivity contribution in [1.82, 2.24) is 0 Å². The molecule has 1 atom stereocenters. The lowest BCUT2D eigenvalue weighted by atomic mass is 9.94. The van der Waals surface area contributed by atoms with Crippen LogP contribution in [0.1, 0.15) is 15.9 Å². The number of ether oxygens (including phenoxy) is 1. The van der Waals surface area contributed by atoms with Crippen LogP contribution >= 0.6 is 0 Å². The molecule has 0 fully saturated rings. The molecular formula is C26H20O9. The second-order valence-corrected chi connectivity index (χ2v) is 7.86. The summed E-state index contributed by atoms with van der Waals surface area (Å²) in [4.78, 5) is 25.0. The van der Waals surface area contributed by atoms with E-state index in [1.54, 1.807) is 6.07 Å². The van der Waals surface area contributed by atoms with E-state index in [0.717, 1.165) is 0 Å². The molecule has 0 amide bonds. The minimum absolute atomic E-state index is 0.0648. The van der Waals surface area contributed by atoms with Crippen LogP contribution in [0, 0.1) is 0 Å². The van der Waals surface area contributed by atoms with Crippen LogP contribution in [0.2, 0.25) is 0 Å². The van der Waals surface area contributed by atoms with Crippen LogP contribution in [-0.4, -0.2) is 48.7 Å². The van der Waals surface area contributed by atoms with E-state index in [0.29, 0.717) is 10.9 Å². The van der Waals surface area contributed by atoms with Gasteiger partial charge in [0, 0.05) is 11.8 Å². The van der Waals surface area contributed by atoms with Crippen LogP contribution in [0.15, 0.2) is 66.7 Å². The molecule has 0 spiro atoms. The lowest BCUT2D eigenvalue weighted by Crippen LogP contribution is -2.29. The maximum absolute atomic E-state index is 13.2. The fraction of sp³-hybridized carbons (Fsp3) is 0.0769. The van der Waals surface area contributed by atoms with Crippen molar-refractivity contribution in [2.75, 3.05) is 0 Å². The topological polar surface area (TPSA) is 165 Å². The molecule has 0 radical (unpaired) electrons. The summed E-state index contributed by atoms with van der Waals surface area (Å²) in [6.07, 6.45) is -1.78. The highest BCUT2D eigenvalue weighted by atomic mass is 16.6. The Balaban J connectivity index is 1.79. The Morgan fingerprint density at radius 3 is 2.23 bits per heavy atom. The molecule has 4 aromatic rings. The monoisotopic (exact) mass is 476 g/mol. The van der Waals surface area contributed by atoms with Crippen molar-refractivity contribution in [3.63, 3.8) is 0 Å². The maximum Gasteiger partial charge on any atom is 0.345 e. The molecule has 6 N–H and O–H groups in total. The third-order valence-corrected chi connectivity index (χ3v) is 5.47. The van der Waals surface area contributed by atoms with Gasteiger partial charge in [-0.3, -0.25) is 0 Å². The van der Waals surface area contributed by atoms with Gasteiger partial charge in [0.2, 0.25) is 6.10 Å². The zero-order chi connectivity index (χ0) is 25.3. The van der Waals surface area contributed by atoms with Crippen LogP contribution < -0.4 is 0 Å². The molecule has 4 rings (SSSR count). The van der Waals surface area contributed by atoms with E-state index in [-0.39, 0.29) is 40.0 Å². The molecule has 35 heavy (non-hydrogen) atoms. The van der Waals surface area contributed by atoms with Gasteiger partial charge >= 0.3 is 11.9 Å². The van der Waals surface area contributed by atoms with Gasteiger partial charge in [-0.15, -0.1) is 0 Å². The Hall–Kier alpha value is -4.92. The zero-order valence-corrected chi connectivity index (χ0v) is 18.0. The normalized spacial score (nSPS) is 11.8. The van der Waals surface area contributed by atoms with E-state index in [1.165, 1.54) is 60.7 Å². The number of esters is 1. The molecule has 0 aliphatic rings. The maximum atomic E-state index is 13.2. The van der Waals surface area contributed by atoms with Crippen molar-refractivity contribution < 1.29 is 45.0 Å². The standard InChI is InChI=1S/C26H20O9/c27-16-3-1-2-13(8-16)9-23(25(32)33)35-26(34)19-10-14-5-7-21(29)24(31)18(14)12-17(19)15-4-6-20(28)22(30)11-15/h1-8,10-12,23,27-31H,9H2,(H,32,33). The summed E-state index contributed by atoms with van der Waals surface area (Å²) >= 11 is 0. The van der Waals surface area contributed by atoms with Crippen molar-refractivity contribution in [2.24, 2.45) is 0 Å². The molecule has 1 unspecified atom stereocenters. The highest BCUT2D eigenvalue weighted by Crippen LogP contribution is 2.39. The minimum atomic E-state index is -1.57. The third-order valence-electron chi connectivity index (χ3n) is 5.47. The van der Waals surface area contributed by atoms with Gasteiger partial charge in [0.15, 0.2) is 23.0 Å². The second-order valence-electron chi connectivity index (χ2n) is 7.86. The van der Waals surface area contributed by atoms with E-state index >= 15 is 0 Å². The SMILES string of the molecule is O=C(OC(Cc1cccc(O)c1)C(=O)O)c1cc2ccc(O)c(O)c2cc1-c1ccc(O)c(O)c1. The number of rotatable bonds is 6. The van der Waals surface area contributed by atoms with Crippen LogP contribution in [0.5, 0.6) is 28.7 Å². The lowest BCUT2D eigenvalue weighted by molar-refractivity contribution is -0.147. The van der Waals surface area contributed by atoms with E-state index < -0.39 is 35.3 Å². The van der Waals surface area contributed by atoms with Crippen molar-refractivity contribution in [1.29, 1.82) is 0 Å².